The lowest BCUT2D eigenvalue weighted by Crippen LogP contribution is -2.08. The highest BCUT2D eigenvalue weighted by Crippen LogP contribution is 2.29. The average Bonchev–Trinajstić information content (AvgIpc) is 3.08. The van der Waals surface area contributed by atoms with Crippen molar-refractivity contribution in [1.29, 1.82) is 0 Å². The third kappa shape index (κ3) is 3.06. The van der Waals surface area contributed by atoms with Crippen molar-refractivity contribution in [2.45, 2.75) is 20.0 Å². The summed E-state index contributed by atoms with van der Waals surface area (Å²) in [6.45, 7) is 1.88. The Kier molecular flexibility index (Phi) is 4.67. The molecule has 3 rings (SSSR count). The van der Waals surface area contributed by atoms with Crippen LogP contribution in [0.5, 0.6) is 5.88 Å². The van der Waals surface area contributed by atoms with E-state index < -0.39 is 5.97 Å². The zero-order valence-corrected chi connectivity index (χ0v) is 14.3. The number of methoxy groups -OCH3 is 2. The summed E-state index contributed by atoms with van der Waals surface area (Å²) in [5.41, 5.74) is 4.14. The summed E-state index contributed by atoms with van der Waals surface area (Å²) >= 11 is 0. The summed E-state index contributed by atoms with van der Waals surface area (Å²) in [4.78, 5) is 20.8. The second-order valence-electron chi connectivity index (χ2n) is 5.47. The third-order valence-electron chi connectivity index (χ3n) is 3.98. The molecule has 3 aromatic rings. The van der Waals surface area contributed by atoms with Crippen molar-refractivity contribution in [3.05, 3.63) is 47.4 Å². The maximum Gasteiger partial charge on any atom is 0.343 e. The molecule has 0 aliphatic carbocycles. The zero-order valence-electron chi connectivity index (χ0n) is 14.3. The van der Waals surface area contributed by atoms with Gasteiger partial charge in [0, 0.05) is 18.0 Å². The number of carbonyl (C=O) groups is 1. The Labute approximate surface area is 144 Å². The minimum Gasteiger partial charge on any atom is -0.480 e. The third-order valence-corrected chi connectivity index (χ3v) is 3.98. The number of ether oxygens (including phenoxy) is 2. The molecule has 0 aliphatic heterocycles. The number of nitrogens with zero attached hydrogens (tertiary/aromatic N) is 3. The van der Waals surface area contributed by atoms with E-state index in [1.54, 1.807) is 12.3 Å². The van der Waals surface area contributed by atoms with Gasteiger partial charge in [-0.05, 0) is 30.2 Å². The van der Waals surface area contributed by atoms with Crippen LogP contribution in [0.1, 0.15) is 28.5 Å². The maximum absolute atomic E-state index is 11.9. The van der Waals surface area contributed by atoms with Crippen LogP contribution in [-0.2, 0) is 17.8 Å². The highest BCUT2D eigenvalue weighted by atomic mass is 16.5. The second kappa shape index (κ2) is 6.90. The fraction of sp³-hybridized carbons (Fsp3) is 0.278. The second-order valence-corrected chi connectivity index (χ2v) is 5.47. The van der Waals surface area contributed by atoms with Gasteiger partial charge in [0.2, 0.25) is 5.88 Å². The van der Waals surface area contributed by atoms with E-state index in [0.717, 1.165) is 22.5 Å². The number of aliphatic hydroxyl groups is 1. The number of aryl methyl sites for hydroxylation is 1. The van der Waals surface area contributed by atoms with E-state index in [-0.39, 0.29) is 12.5 Å². The van der Waals surface area contributed by atoms with Crippen LogP contribution in [0.4, 0.5) is 0 Å². The number of carbonyl (C=O) groups excluding carboxylic acids is 1. The SMILES string of the molecule is CCc1cc(C(=O)OC)c(OC)nc1-c1ccc2nc(CO)cn2c1. The highest BCUT2D eigenvalue weighted by molar-refractivity contribution is 5.92. The van der Waals surface area contributed by atoms with Crippen LogP contribution in [0.3, 0.4) is 0 Å². The number of esters is 1. The smallest absolute Gasteiger partial charge is 0.343 e. The molecule has 0 atom stereocenters. The average molecular weight is 341 g/mol. The molecule has 0 unspecified atom stereocenters. The molecule has 0 aliphatic rings. The molecule has 0 aromatic carbocycles. The summed E-state index contributed by atoms with van der Waals surface area (Å²) in [5, 5.41) is 9.23. The van der Waals surface area contributed by atoms with Gasteiger partial charge in [-0.15, -0.1) is 0 Å². The number of rotatable bonds is 5. The molecule has 0 saturated carbocycles. The molecule has 3 heterocycles. The number of hydrogen-bond acceptors (Lipinski definition) is 6. The number of fused-ring (bicyclic) bond motifs is 1. The molecule has 0 bridgehead atoms. The van der Waals surface area contributed by atoms with E-state index in [0.29, 0.717) is 17.7 Å². The van der Waals surface area contributed by atoms with E-state index in [1.165, 1.54) is 14.2 Å². The van der Waals surface area contributed by atoms with Gasteiger partial charge in [0.15, 0.2) is 0 Å². The van der Waals surface area contributed by atoms with E-state index >= 15 is 0 Å². The Hall–Kier alpha value is -2.93. The van der Waals surface area contributed by atoms with Gasteiger partial charge < -0.3 is 19.0 Å². The number of aliphatic hydroxyl groups excluding tert-OH is 1. The molecule has 7 nitrogen and oxygen atoms in total. The molecule has 25 heavy (non-hydrogen) atoms. The van der Waals surface area contributed by atoms with Crippen LogP contribution in [0.25, 0.3) is 16.9 Å². The van der Waals surface area contributed by atoms with Crippen molar-refractivity contribution in [3.63, 3.8) is 0 Å². The molecule has 7 heteroatoms. The highest BCUT2D eigenvalue weighted by Gasteiger charge is 2.19. The van der Waals surface area contributed by atoms with Gasteiger partial charge in [-0.25, -0.2) is 14.8 Å². The fourth-order valence-corrected chi connectivity index (χ4v) is 2.73. The zero-order chi connectivity index (χ0) is 18.0. The summed E-state index contributed by atoms with van der Waals surface area (Å²) in [6, 6.07) is 5.52. The van der Waals surface area contributed by atoms with Crippen LogP contribution in [0, 0.1) is 0 Å². The van der Waals surface area contributed by atoms with Gasteiger partial charge in [0.1, 0.15) is 11.2 Å². The van der Waals surface area contributed by atoms with E-state index in [9.17, 15) is 9.90 Å². The van der Waals surface area contributed by atoms with E-state index in [4.69, 9.17) is 9.47 Å². The predicted octanol–water partition coefficient (Wildman–Crippen LogP) is 2.25. The number of hydrogen-bond donors (Lipinski definition) is 1. The molecule has 0 amide bonds. The minimum absolute atomic E-state index is 0.114. The molecule has 3 aromatic heterocycles. The van der Waals surface area contributed by atoms with Gasteiger partial charge in [-0.1, -0.05) is 6.92 Å². The van der Waals surface area contributed by atoms with E-state index in [2.05, 4.69) is 9.97 Å². The normalized spacial score (nSPS) is 10.9. The minimum atomic E-state index is -0.483. The monoisotopic (exact) mass is 341 g/mol. The van der Waals surface area contributed by atoms with E-state index in [1.807, 2.05) is 29.7 Å². The van der Waals surface area contributed by atoms with Crippen LogP contribution in [-0.4, -0.2) is 39.7 Å². The lowest BCUT2D eigenvalue weighted by Gasteiger charge is -2.13. The predicted molar refractivity (Wildman–Crippen MR) is 91.6 cm³/mol. The molecular formula is C18H19N3O4. The van der Waals surface area contributed by atoms with Gasteiger partial charge in [0.25, 0.3) is 0 Å². The fourth-order valence-electron chi connectivity index (χ4n) is 2.73. The summed E-state index contributed by atoms with van der Waals surface area (Å²) in [6.07, 6.45) is 4.35. The lowest BCUT2D eigenvalue weighted by molar-refractivity contribution is 0.0596. The van der Waals surface area contributed by atoms with Crippen LogP contribution in [0.2, 0.25) is 0 Å². The lowest BCUT2D eigenvalue weighted by atomic mass is 10.0. The Morgan fingerprint density at radius 1 is 1.24 bits per heavy atom. The largest absolute Gasteiger partial charge is 0.480 e. The van der Waals surface area contributed by atoms with Crippen molar-refractivity contribution >= 4 is 11.6 Å². The number of aromatic nitrogens is 3. The summed E-state index contributed by atoms with van der Waals surface area (Å²) in [7, 11) is 2.80. The number of imidazole rings is 1. The quantitative estimate of drug-likeness (QED) is 0.716. The number of pyridine rings is 2. The van der Waals surface area contributed by atoms with Crippen molar-refractivity contribution in [2.24, 2.45) is 0 Å². The molecule has 0 radical (unpaired) electrons. The summed E-state index contributed by atoms with van der Waals surface area (Å²) < 4.78 is 11.9. The standard InChI is InChI=1S/C18H19N3O4/c1-4-11-7-14(18(23)25-3)17(24-2)20-16(11)12-5-6-15-19-13(10-22)9-21(15)8-12/h5-9,22H,4,10H2,1-3H3. The van der Waals surface area contributed by atoms with Gasteiger partial charge in [-0.2, -0.15) is 0 Å². The van der Waals surface area contributed by atoms with Crippen molar-refractivity contribution in [3.8, 4) is 17.1 Å². The molecule has 0 spiro atoms. The Bertz CT molecular complexity index is 933. The molecular weight excluding hydrogens is 322 g/mol. The summed E-state index contributed by atoms with van der Waals surface area (Å²) in [5.74, 6) is -0.260. The Balaban J connectivity index is 2.16. The Morgan fingerprint density at radius 3 is 2.68 bits per heavy atom. The first-order valence-corrected chi connectivity index (χ1v) is 7.86. The first kappa shape index (κ1) is 16.9. The Morgan fingerprint density at radius 2 is 2.04 bits per heavy atom. The first-order valence-electron chi connectivity index (χ1n) is 7.86. The van der Waals surface area contributed by atoms with Gasteiger partial charge in [0.05, 0.1) is 32.2 Å². The van der Waals surface area contributed by atoms with Crippen molar-refractivity contribution < 1.29 is 19.4 Å². The van der Waals surface area contributed by atoms with Crippen LogP contribution < -0.4 is 4.74 Å². The van der Waals surface area contributed by atoms with Gasteiger partial charge >= 0.3 is 5.97 Å². The molecule has 130 valence electrons. The first-order chi connectivity index (χ1) is 12.1. The van der Waals surface area contributed by atoms with Crippen LogP contribution in [0.15, 0.2) is 30.6 Å². The van der Waals surface area contributed by atoms with Crippen LogP contribution >= 0.6 is 0 Å². The van der Waals surface area contributed by atoms with Crippen molar-refractivity contribution in [1.82, 2.24) is 14.4 Å². The topological polar surface area (TPSA) is 86.0 Å². The molecule has 0 fully saturated rings. The maximum atomic E-state index is 11.9. The van der Waals surface area contributed by atoms with Crippen molar-refractivity contribution in [2.75, 3.05) is 14.2 Å². The molecule has 0 saturated heterocycles. The molecule has 1 N–H and O–H groups in total. The van der Waals surface area contributed by atoms with Gasteiger partial charge in [-0.3, -0.25) is 0 Å².